The predicted molar refractivity (Wildman–Crippen MR) is 78.5 cm³/mol. The molecule has 2 aromatic rings. The van der Waals surface area contributed by atoms with Crippen LogP contribution in [0.5, 0.6) is 0 Å². The average molecular weight is 288 g/mol. The van der Waals surface area contributed by atoms with Crippen LogP contribution in [0.3, 0.4) is 0 Å². The van der Waals surface area contributed by atoms with Gasteiger partial charge < -0.3 is 5.32 Å². The van der Waals surface area contributed by atoms with Gasteiger partial charge in [-0.3, -0.25) is 19.3 Å². The Morgan fingerprint density at radius 2 is 2.24 bits per heavy atom. The zero-order valence-electron chi connectivity index (χ0n) is 11.7. The predicted octanol–water partition coefficient (Wildman–Crippen LogP) is 2.20. The van der Waals surface area contributed by atoms with Crippen LogP contribution in [-0.2, 0) is 0 Å². The highest BCUT2D eigenvalue weighted by molar-refractivity contribution is 5.60. The molecule has 7 nitrogen and oxygen atoms in total. The molecule has 0 saturated heterocycles. The zero-order chi connectivity index (χ0) is 15.0. The van der Waals surface area contributed by atoms with Crippen molar-refractivity contribution in [3.63, 3.8) is 0 Å². The smallest absolute Gasteiger partial charge is 0.361 e. The highest BCUT2D eigenvalue weighted by atomic mass is 16.6. The molecule has 1 aliphatic rings. The molecule has 0 radical (unpaired) electrons. The lowest BCUT2D eigenvalue weighted by Crippen LogP contribution is -2.32. The number of pyridine rings is 1. The first kappa shape index (κ1) is 13.5. The fourth-order valence-electron chi connectivity index (χ4n) is 2.62. The highest BCUT2D eigenvalue weighted by Gasteiger charge is 2.29. The maximum Gasteiger partial charge on any atom is 0.376 e. The Bertz CT molecular complexity index is 751. The maximum absolute atomic E-state index is 12.3. The van der Waals surface area contributed by atoms with E-state index in [0.29, 0.717) is 11.6 Å². The summed E-state index contributed by atoms with van der Waals surface area (Å²) in [6, 6.07) is 5.11. The number of rotatable bonds is 4. The van der Waals surface area contributed by atoms with Crippen LogP contribution in [0.1, 0.15) is 26.2 Å². The first-order chi connectivity index (χ1) is 10.1. The average Bonchev–Trinajstić information content (AvgIpc) is 2.36. The maximum atomic E-state index is 12.3. The third-order valence-corrected chi connectivity index (χ3v) is 4.11. The molecular weight excluding hydrogens is 272 g/mol. The van der Waals surface area contributed by atoms with Crippen molar-refractivity contribution in [3.05, 3.63) is 44.9 Å². The molecule has 1 fully saturated rings. The van der Waals surface area contributed by atoms with Crippen molar-refractivity contribution >= 4 is 17.2 Å². The van der Waals surface area contributed by atoms with Gasteiger partial charge in [0.2, 0.25) is 5.82 Å². The van der Waals surface area contributed by atoms with Gasteiger partial charge in [0.15, 0.2) is 0 Å². The quantitative estimate of drug-likeness (QED) is 0.688. The van der Waals surface area contributed by atoms with E-state index in [1.807, 2.05) is 6.92 Å². The van der Waals surface area contributed by atoms with E-state index in [-0.39, 0.29) is 11.9 Å². The molecule has 1 saturated carbocycles. The van der Waals surface area contributed by atoms with E-state index in [2.05, 4.69) is 10.3 Å². The number of hydrogen-bond donors (Lipinski definition) is 1. The van der Waals surface area contributed by atoms with Gasteiger partial charge in [0.1, 0.15) is 5.65 Å². The molecule has 0 bridgehead atoms. The van der Waals surface area contributed by atoms with E-state index in [1.165, 1.54) is 17.0 Å². The number of nitrogens with one attached hydrogen (secondary N) is 1. The van der Waals surface area contributed by atoms with E-state index in [9.17, 15) is 14.9 Å². The molecular formula is C14H16N4O3. The summed E-state index contributed by atoms with van der Waals surface area (Å²) in [5.41, 5.74) is -0.754. The van der Waals surface area contributed by atoms with Gasteiger partial charge in [-0.2, -0.15) is 0 Å². The van der Waals surface area contributed by atoms with Crippen molar-refractivity contribution in [2.24, 2.45) is 5.92 Å². The molecule has 110 valence electrons. The Hall–Kier alpha value is -2.44. The lowest BCUT2D eigenvalue weighted by atomic mass is 9.80. The van der Waals surface area contributed by atoms with E-state index in [4.69, 9.17) is 0 Å². The third-order valence-electron chi connectivity index (χ3n) is 4.11. The number of aromatic nitrogens is 2. The van der Waals surface area contributed by atoms with Crippen LogP contribution < -0.4 is 10.9 Å². The van der Waals surface area contributed by atoms with E-state index >= 15 is 0 Å². The third kappa shape index (κ3) is 2.35. The summed E-state index contributed by atoms with van der Waals surface area (Å²) in [6.07, 6.45) is 4.88. The fourth-order valence-corrected chi connectivity index (χ4v) is 2.62. The summed E-state index contributed by atoms with van der Waals surface area (Å²) in [5.74, 6) is 0.552. The molecule has 1 unspecified atom stereocenters. The number of nitrogens with zero attached hydrogens (tertiary/aromatic N) is 3. The first-order valence-corrected chi connectivity index (χ1v) is 7.00. The Morgan fingerprint density at radius 3 is 2.86 bits per heavy atom. The second-order valence-electron chi connectivity index (χ2n) is 5.42. The van der Waals surface area contributed by atoms with Crippen molar-refractivity contribution in [2.75, 3.05) is 5.32 Å². The van der Waals surface area contributed by atoms with Gasteiger partial charge >= 0.3 is 11.2 Å². The Morgan fingerprint density at radius 1 is 1.48 bits per heavy atom. The number of nitro groups is 1. The summed E-state index contributed by atoms with van der Waals surface area (Å²) < 4.78 is 1.19. The molecule has 3 rings (SSSR count). The molecule has 7 heteroatoms. The standard InChI is InChI=1S/C14H16N4O3/c1-9(10-5-4-6-10)15-13-12(18(20)21)14(19)17-8-3-2-7-11(17)16-13/h2-3,7-10,15H,4-6H2,1H3. The second kappa shape index (κ2) is 5.16. The van der Waals surface area contributed by atoms with E-state index in [1.54, 1.807) is 18.2 Å². The minimum atomic E-state index is -0.662. The van der Waals surface area contributed by atoms with Gasteiger partial charge in [-0.25, -0.2) is 4.98 Å². The minimum absolute atomic E-state index is 0.0653. The van der Waals surface area contributed by atoms with Crippen molar-refractivity contribution in [1.82, 2.24) is 9.38 Å². The molecule has 21 heavy (non-hydrogen) atoms. The molecule has 2 aromatic heterocycles. The van der Waals surface area contributed by atoms with Crippen LogP contribution >= 0.6 is 0 Å². The molecule has 2 heterocycles. The van der Waals surface area contributed by atoms with Crippen LogP contribution in [0.15, 0.2) is 29.2 Å². The highest BCUT2D eigenvalue weighted by Crippen LogP contribution is 2.31. The van der Waals surface area contributed by atoms with Gasteiger partial charge in [0.25, 0.3) is 0 Å². The number of fused-ring (bicyclic) bond motifs is 1. The summed E-state index contributed by atoms with van der Waals surface area (Å²) >= 11 is 0. The monoisotopic (exact) mass is 288 g/mol. The van der Waals surface area contributed by atoms with Crippen molar-refractivity contribution in [2.45, 2.75) is 32.2 Å². The second-order valence-corrected chi connectivity index (χ2v) is 5.42. The summed E-state index contributed by atoms with van der Waals surface area (Å²) in [4.78, 5) is 27.1. The molecule has 1 N–H and O–H groups in total. The Balaban J connectivity index is 2.09. The van der Waals surface area contributed by atoms with Gasteiger partial charge in [-0.1, -0.05) is 12.5 Å². The molecule has 0 aromatic carbocycles. The van der Waals surface area contributed by atoms with Crippen LogP contribution in [0, 0.1) is 16.0 Å². The van der Waals surface area contributed by atoms with Crippen LogP contribution in [0.4, 0.5) is 11.5 Å². The number of anilines is 1. The van der Waals surface area contributed by atoms with Crippen LogP contribution in [0.25, 0.3) is 5.65 Å². The zero-order valence-corrected chi connectivity index (χ0v) is 11.7. The largest absolute Gasteiger partial charge is 0.376 e. The lowest BCUT2D eigenvalue weighted by Gasteiger charge is -2.32. The van der Waals surface area contributed by atoms with Crippen molar-refractivity contribution in [1.29, 1.82) is 0 Å². The summed E-state index contributed by atoms with van der Waals surface area (Å²) in [7, 11) is 0. The van der Waals surface area contributed by atoms with E-state index in [0.717, 1.165) is 12.8 Å². The molecule has 0 aliphatic heterocycles. The lowest BCUT2D eigenvalue weighted by molar-refractivity contribution is -0.385. The van der Waals surface area contributed by atoms with Crippen molar-refractivity contribution in [3.8, 4) is 0 Å². The fraction of sp³-hybridized carbons (Fsp3) is 0.429. The number of hydrogen-bond acceptors (Lipinski definition) is 5. The van der Waals surface area contributed by atoms with Crippen LogP contribution in [0.2, 0.25) is 0 Å². The minimum Gasteiger partial charge on any atom is -0.361 e. The van der Waals surface area contributed by atoms with E-state index < -0.39 is 16.2 Å². The Kier molecular flexibility index (Phi) is 3.32. The molecule has 0 spiro atoms. The molecule has 1 atom stereocenters. The van der Waals surface area contributed by atoms with Gasteiger partial charge in [0.05, 0.1) is 4.92 Å². The Labute approximate surface area is 120 Å². The molecule has 0 amide bonds. The van der Waals surface area contributed by atoms with Gasteiger partial charge in [0, 0.05) is 12.2 Å². The summed E-state index contributed by atoms with van der Waals surface area (Å²) in [6.45, 7) is 1.97. The SMILES string of the molecule is CC(Nc1nc2ccccn2c(=O)c1[N+](=O)[O-])C1CCC1. The topological polar surface area (TPSA) is 89.5 Å². The normalized spacial score (nSPS) is 16.4. The molecule has 1 aliphatic carbocycles. The summed E-state index contributed by atoms with van der Waals surface area (Å²) in [5, 5.41) is 14.3. The van der Waals surface area contributed by atoms with Crippen LogP contribution in [-0.4, -0.2) is 20.3 Å². The van der Waals surface area contributed by atoms with Gasteiger partial charge in [-0.15, -0.1) is 0 Å². The van der Waals surface area contributed by atoms with Crippen molar-refractivity contribution < 1.29 is 4.92 Å². The first-order valence-electron chi connectivity index (χ1n) is 7.00. The van der Waals surface area contributed by atoms with Gasteiger partial charge in [-0.05, 0) is 37.8 Å².